The first-order valence-electron chi connectivity index (χ1n) is 10.5. The molecule has 5 rings (SSSR count). The van der Waals surface area contributed by atoms with Crippen molar-refractivity contribution in [2.75, 3.05) is 18.0 Å². The summed E-state index contributed by atoms with van der Waals surface area (Å²) >= 11 is 12.5. The highest BCUT2D eigenvalue weighted by molar-refractivity contribution is 6.43. The van der Waals surface area contributed by atoms with E-state index in [2.05, 4.69) is 9.88 Å². The van der Waals surface area contributed by atoms with Gasteiger partial charge in [-0.2, -0.15) is 0 Å². The first-order chi connectivity index (χ1) is 15.3. The van der Waals surface area contributed by atoms with E-state index in [9.17, 15) is 4.79 Å². The number of hydrogen-bond acceptors (Lipinski definition) is 6. The number of benzene rings is 1. The lowest BCUT2D eigenvalue weighted by Crippen LogP contribution is -2.52. The van der Waals surface area contributed by atoms with Crippen molar-refractivity contribution in [2.24, 2.45) is 5.73 Å². The van der Waals surface area contributed by atoms with Crippen molar-refractivity contribution >= 4 is 29.0 Å². The normalized spacial score (nSPS) is 19.2. The van der Waals surface area contributed by atoms with Crippen LogP contribution in [0.25, 0.3) is 5.69 Å². The van der Waals surface area contributed by atoms with Crippen molar-refractivity contribution in [1.82, 2.24) is 14.5 Å². The zero-order chi connectivity index (χ0) is 22.6. The van der Waals surface area contributed by atoms with E-state index in [0.717, 1.165) is 5.56 Å². The Morgan fingerprint density at radius 3 is 2.62 bits per heavy atom. The number of nitrogens with two attached hydrogens (primary N) is 1. The summed E-state index contributed by atoms with van der Waals surface area (Å²) in [6.07, 6.45) is 3.15. The monoisotopic (exact) mass is 471 g/mol. The molecule has 1 spiro atoms. The van der Waals surface area contributed by atoms with E-state index in [-0.39, 0.29) is 11.6 Å². The molecule has 2 aliphatic heterocycles. The van der Waals surface area contributed by atoms with Gasteiger partial charge in [-0.1, -0.05) is 35.3 Å². The molecule has 1 unspecified atom stereocenters. The van der Waals surface area contributed by atoms with Gasteiger partial charge in [-0.05, 0) is 32.0 Å². The summed E-state index contributed by atoms with van der Waals surface area (Å²) in [7, 11) is 0. The summed E-state index contributed by atoms with van der Waals surface area (Å²) in [6, 6.07) is 8.86. The maximum absolute atomic E-state index is 13.3. The molecule has 9 heteroatoms. The van der Waals surface area contributed by atoms with Crippen LogP contribution in [0.3, 0.4) is 0 Å². The quantitative estimate of drug-likeness (QED) is 0.607. The molecule has 1 aromatic carbocycles. The Hall–Kier alpha value is -2.61. The van der Waals surface area contributed by atoms with E-state index < -0.39 is 5.60 Å². The molecule has 1 atom stereocenters. The van der Waals surface area contributed by atoms with Gasteiger partial charge in [-0.15, -0.1) is 0 Å². The highest BCUT2D eigenvalue weighted by Gasteiger charge is 2.49. The minimum atomic E-state index is -0.473. The molecular formula is C23H23Cl2N5O2. The first kappa shape index (κ1) is 21.2. The van der Waals surface area contributed by atoms with Crippen LogP contribution in [0.5, 0.6) is 5.88 Å². The molecule has 0 saturated carbocycles. The second-order valence-electron chi connectivity index (χ2n) is 8.35. The Kier molecular flexibility index (Phi) is 5.15. The van der Waals surface area contributed by atoms with Gasteiger partial charge in [0.1, 0.15) is 17.2 Å². The van der Waals surface area contributed by atoms with Crippen LogP contribution in [0.15, 0.2) is 41.3 Å². The second-order valence-corrected chi connectivity index (χ2v) is 9.14. The van der Waals surface area contributed by atoms with E-state index in [1.54, 1.807) is 38.2 Å². The van der Waals surface area contributed by atoms with Crippen LogP contribution in [-0.4, -0.2) is 33.2 Å². The summed E-state index contributed by atoms with van der Waals surface area (Å²) < 4.78 is 7.75. The SMILES string of the molecule is Cc1c(N2CCC3(CC2)Oc2ncccc2C3N)nc(C)n(-c2cccc(Cl)c2Cl)c1=O. The van der Waals surface area contributed by atoms with Gasteiger partial charge in [0.25, 0.3) is 5.56 Å². The number of ether oxygens (including phenoxy) is 1. The van der Waals surface area contributed by atoms with Gasteiger partial charge >= 0.3 is 0 Å². The number of aromatic nitrogens is 3. The van der Waals surface area contributed by atoms with Crippen LogP contribution >= 0.6 is 23.2 Å². The molecule has 0 bridgehead atoms. The summed E-state index contributed by atoms with van der Waals surface area (Å²) in [5.74, 6) is 1.85. The van der Waals surface area contributed by atoms with Gasteiger partial charge in [0.2, 0.25) is 5.88 Å². The van der Waals surface area contributed by atoms with E-state index >= 15 is 0 Å². The predicted octanol–water partition coefficient (Wildman–Crippen LogP) is 3.98. The molecule has 1 fully saturated rings. The maximum Gasteiger partial charge on any atom is 0.263 e. The number of rotatable bonds is 2. The molecule has 1 saturated heterocycles. The molecule has 0 amide bonds. The topological polar surface area (TPSA) is 86.3 Å². The van der Waals surface area contributed by atoms with Crippen LogP contribution < -0.4 is 20.9 Å². The predicted molar refractivity (Wildman–Crippen MR) is 125 cm³/mol. The fourth-order valence-electron chi connectivity index (χ4n) is 4.73. The molecule has 7 nitrogen and oxygen atoms in total. The third kappa shape index (κ3) is 3.18. The first-order valence-corrected chi connectivity index (χ1v) is 11.3. The van der Waals surface area contributed by atoms with Crippen LogP contribution in [0, 0.1) is 13.8 Å². The third-order valence-corrected chi connectivity index (χ3v) is 7.34. The summed E-state index contributed by atoms with van der Waals surface area (Å²) in [5, 5.41) is 0.718. The fraction of sp³-hybridized carbons (Fsp3) is 0.348. The summed E-state index contributed by atoms with van der Waals surface area (Å²) in [5.41, 5.74) is 7.95. The lowest BCUT2D eigenvalue weighted by atomic mass is 9.83. The van der Waals surface area contributed by atoms with Crippen LogP contribution in [0.1, 0.15) is 35.8 Å². The van der Waals surface area contributed by atoms with E-state index in [0.29, 0.717) is 64.7 Å². The van der Waals surface area contributed by atoms with Crippen molar-refractivity contribution in [3.8, 4) is 11.6 Å². The van der Waals surface area contributed by atoms with Gasteiger partial charge in [0, 0.05) is 37.7 Å². The average Bonchev–Trinajstić information content (AvgIpc) is 3.06. The van der Waals surface area contributed by atoms with Gasteiger partial charge in [0.05, 0.1) is 27.3 Å². The number of nitrogens with zero attached hydrogens (tertiary/aromatic N) is 4. The van der Waals surface area contributed by atoms with E-state index in [1.807, 2.05) is 12.1 Å². The number of halogens is 2. The van der Waals surface area contributed by atoms with Crippen molar-refractivity contribution in [1.29, 1.82) is 0 Å². The minimum Gasteiger partial charge on any atom is -0.469 e. The smallest absolute Gasteiger partial charge is 0.263 e. The second kappa shape index (κ2) is 7.76. The average molecular weight is 472 g/mol. The largest absolute Gasteiger partial charge is 0.469 e. The zero-order valence-corrected chi connectivity index (χ0v) is 19.3. The number of aryl methyl sites for hydroxylation is 1. The van der Waals surface area contributed by atoms with Crippen molar-refractivity contribution < 1.29 is 4.74 Å². The molecule has 4 heterocycles. The van der Waals surface area contributed by atoms with Crippen molar-refractivity contribution in [3.05, 3.63) is 73.9 Å². The molecule has 32 heavy (non-hydrogen) atoms. The number of pyridine rings is 1. The Balaban J connectivity index is 1.44. The van der Waals surface area contributed by atoms with Crippen LogP contribution in [-0.2, 0) is 0 Å². The molecule has 0 aliphatic carbocycles. The minimum absolute atomic E-state index is 0.164. The molecule has 2 N–H and O–H groups in total. The molecule has 2 aromatic heterocycles. The number of hydrogen-bond donors (Lipinski definition) is 1. The van der Waals surface area contributed by atoms with Gasteiger partial charge in [-0.3, -0.25) is 9.36 Å². The third-order valence-electron chi connectivity index (χ3n) is 6.53. The number of piperidine rings is 1. The molecule has 166 valence electrons. The standard InChI is InChI=1S/C23H23Cl2N5O2/c1-13-20(28-14(2)30(22(13)31)17-7-3-6-16(24)18(17)25)29-11-8-23(9-12-29)19(26)15-5-4-10-27-21(15)32-23/h3-7,10,19H,8-9,11-12,26H2,1-2H3. The van der Waals surface area contributed by atoms with Gasteiger partial charge < -0.3 is 15.4 Å². The molecule has 0 radical (unpaired) electrons. The Morgan fingerprint density at radius 1 is 1.16 bits per heavy atom. The number of anilines is 1. The summed E-state index contributed by atoms with van der Waals surface area (Å²) in [6.45, 7) is 4.94. The summed E-state index contributed by atoms with van der Waals surface area (Å²) in [4.78, 5) is 24.6. The Labute approximate surface area is 195 Å². The zero-order valence-electron chi connectivity index (χ0n) is 17.8. The lowest BCUT2D eigenvalue weighted by molar-refractivity contribution is 0.0397. The fourth-order valence-corrected chi connectivity index (χ4v) is 5.11. The van der Waals surface area contributed by atoms with Crippen LogP contribution in [0.2, 0.25) is 10.0 Å². The van der Waals surface area contributed by atoms with Gasteiger partial charge in [-0.25, -0.2) is 9.97 Å². The van der Waals surface area contributed by atoms with E-state index in [1.165, 1.54) is 4.57 Å². The maximum atomic E-state index is 13.3. The molecular weight excluding hydrogens is 449 g/mol. The number of fused-ring (bicyclic) bond motifs is 1. The molecule has 3 aromatic rings. The Morgan fingerprint density at radius 2 is 1.91 bits per heavy atom. The highest BCUT2D eigenvalue weighted by Crippen LogP contribution is 2.46. The van der Waals surface area contributed by atoms with Gasteiger partial charge in [0.15, 0.2) is 0 Å². The lowest BCUT2D eigenvalue weighted by Gasteiger charge is -2.41. The molecule has 2 aliphatic rings. The van der Waals surface area contributed by atoms with Crippen molar-refractivity contribution in [3.63, 3.8) is 0 Å². The highest BCUT2D eigenvalue weighted by atomic mass is 35.5. The Bertz CT molecular complexity index is 1270. The van der Waals surface area contributed by atoms with Crippen molar-refractivity contribution in [2.45, 2.75) is 38.3 Å². The van der Waals surface area contributed by atoms with Crippen LogP contribution in [0.4, 0.5) is 5.82 Å². The van der Waals surface area contributed by atoms with E-state index in [4.69, 9.17) is 38.7 Å².